The zero-order chi connectivity index (χ0) is 9.42. The van der Waals surface area contributed by atoms with E-state index in [-0.39, 0.29) is 6.04 Å². The molecule has 70 valence electrons. The first kappa shape index (κ1) is 9.55. The SMILES string of the molecule is N[C@@H]1CCOc2c(I)cc(Cl)cc21. The average molecular weight is 310 g/mol. The Morgan fingerprint density at radius 2 is 2.31 bits per heavy atom. The van der Waals surface area contributed by atoms with Crippen LogP contribution in [0.5, 0.6) is 5.75 Å². The second-order valence-corrected chi connectivity index (χ2v) is 4.65. The molecule has 1 aliphatic heterocycles. The highest BCUT2D eigenvalue weighted by Gasteiger charge is 2.20. The third kappa shape index (κ3) is 1.78. The Morgan fingerprint density at radius 3 is 3.08 bits per heavy atom. The number of ether oxygens (including phenoxy) is 1. The van der Waals surface area contributed by atoms with Gasteiger partial charge in [-0.05, 0) is 34.7 Å². The van der Waals surface area contributed by atoms with Crippen molar-refractivity contribution in [3.8, 4) is 5.75 Å². The van der Waals surface area contributed by atoms with Crippen LogP contribution in [-0.2, 0) is 0 Å². The summed E-state index contributed by atoms with van der Waals surface area (Å²) in [6, 6.07) is 3.85. The van der Waals surface area contributed by atoms with Gasteiger partial charge in [-0.3, -0.25) is 0 Å². The lowest BCUT2D eigenvalue weighted by Gasteiger charge is -2.24. The summed E-state index contributed by atoms with van der Waals surface area (Å²) in [4.78, 5) is 0. The van der Waals surface area contributed by atoms with E-state index in [0.717, 1.165) is 26.3 Å². The van der Waals surface area contributed by atoms with E-state index in [4.69, 9.17) is 22.1 Å². The first-order valence-electron chi connectivity index (χ1n) is 4.06. The first-order valence-corrected chi connectivity index (χ1v) is 5.51. The van der Waals surface area contributed by atoms with Gasteiger partial charge in [-0.15, -0.1) is 0 Å². The minimum absolute atomic E-state index is 0.0657. The first-order chi connectivity index (χ1) is 6.18. The van der Waals surface area contributed by atoms with Gasteiger partial charge in [0.05, 0.1) is 10.2 Å². The molecule has 0 aliphatic carbocycles. The average Bonchev–Trinajstić information content (AvgIpc) is 2.07. The molecule has 0 aromatic heterocycles. The number of hydrogen-bond donors (Lipinski definition) is 1. The summed E-state index contributed by atoms with van der Waals surface area (Å²) in [6.45, 7) is 0.700. The maximum Gasteiger partial charge on any atom is 0.137 e. The number of nitrogens with two attached hydrogens (primary N) is 1. The van der Waals surface area contributed by atoms with Crippen LogP contribution in [0.4, 0.5) is 0 Å². The van der Waals surface area contributed by atoms with E-state index in [9.17, 15) is 0 Å². The van der Waals surface area contributed by atoms with E-state index in [1.54, 1.807) is 0 Å². The molecule has 1 atom stereocenters. The van der Waals surface area contributed by atoms with Gasteiger partial charge in [-0.2, -0.15) is 0 Å². The molecule has 1 aromatic carbocycles. The second-order valence-electron chi connectivity index (χ2n) is 3.05. The van der Waals surface area contributed by atoms with Gasteiger partial charge in [-0.25, -0.2) is 0 Å². The molecule has 0 unspecified atom stereocenters. The van der Waals surface area contributed by atoms with Crippen LogP contribution < -0.4 is 10.5 Å². The van der Waals surface area contributed by atoms with Crippen molar-refractivity contribution < 1.29 is 4.74 Å². The molecule has 2 nitrogen and oxygen atoms in total. The normalized spacial score (nSPS) is 20.7. The predicted octanol–water partition coefficient (Wildman–Crippen LogP) is 2.73. The van der Waals surface area contributed by atoms with Gasteiger partial charge in [0.15, 0.2) is 0 Å². The van der Waals surface area contributed by atoms with Crippen LogP contribution in [-0.4, -0.2) is 6.61 Å². The fourth-order valence-electron chi connectivity index (χ4n) is 1.45. The van der Waals surface area contributed by atoms with Crippen molar-refractivity contribution in [1.29, 1.82) is 0 Å². The summed E-state index contributed by atoms with van der Waals surface area (Å²) in [7, 11) is 0. The maximum absolute atomic E-state index is 5.94. The monoisotopic (exact) mass is 309 g/mol. The summed E-state index contributed by atoms with van der Waals surface area (Å²) in [5.74, 6) is 0.906. The van der Waals surface area contributed by atoms with Crippen LogP contribution in [0.3, 0.4) is 0 Å². The van der Waals surface area contributed by atoms with Crippen LogP contribution in [0.15, 0.2) is 12.1 Å². The lowest BCUT2D eigenvalue weighted by molar-refractivity contribution is 0.267. The van der Waals surface area contributed by atoms with Crippen LogP contribution in [0.1, 0.15) is 18.0 Å². The van der Waals surface area contributed by atoms with E-state index >= 15 is 0 Å². The summed E-state index contributed by atoms with van der Waals surface area (Å²) in [6.07, 6.45) is 0.865. The lowest BCUT2D eigenvalue weighted by Crippen LogP contribution is -2.21. The molecular formula is C9H9ClINO. The van der Waals surface area contributed by atoms with E-state index < -0.39 is 0 Å². The third-order valence-corrected chi connectivity index (χ3v) is 3.13. The Morgan fingerprint density at radius 1 is 1.54 bits per heavy atom. The number of halogens is 2. The van der Waals surface area contributed by atoms with Crippen LogP contribution in [0, 0.1) is 3.57 Å². The number of fused-ring (bicyclic) bond motifs is 1. The highest BCUT2D eigenvalue weighted by molar-refractivity contribution is 14.1. The van der Waals surface area contributed by atoms with E-state index in [0.29, 0.717) is 6.61 Å². The summed E-state index contributed by atoms with van der Waals surface area (Å²) in [5.41, 5.74) is 6.97. The Labute approximate surface area is 95.5 Å². The molecule has 0 saturated carbocycles. The van der Waals surface area contributed by atoms with Crippen molar-refractivity contribution in [2.75, 3.05) is 6.61 Å². The Kier molecular flexibility index (Phi) is 2.67. The van der Waals surface area contributed by atoms with Crippen molar-refractivity contribution in [2.45, 2.75) is 12.5 Å². The number of rotatable bonds is 0. The summed E-state index contributed by atoms with van der Waals surface area (Å²) >= 11 is 8.15. The highest BCUT2D eigenvalue weighted by atomic mass is 127. The smallest absolute Gasteiger partial charge is 0.137 e. The zero-order valence-corrected chi connectivity index (χ0v) is 9.80. The topological polar surface area (TPSA) is 35.2 Å². The minimum atomic E-state index is 0.0657. The van der Waals surface area contributed by atoms with E-state index in [2.05, 4.69) is 22.6 Å². The molecule has 1 heterocycles. The molecule has 0 saturated heterocycles. The second kappa shape index (κ2) is 3.63. The maximum atomic E-state index is 5.94. The minimum Gasteiger partial charge on any atom is -0.492 e. The Hall–Kier alpha value is -0.0000000000000000555. The molecule has 0 fully saturated rings. The fourth-order valence-corrected chi connectivity index (χ4v) is 2.66. The standard InChI is InChI=1S/C9H9ClINO/c10-5-3-6-8(12)1-2-13-9(6)7(11)4-5/h3-4,8H,1-2,12H2/t8-/m1/s1. The van der Waals surface area contributed by atoms with Crippen molar-refractivity contribution in [3.63, 3.8) is 0 Å². The molecule has 2 N–H and O–H groups in total. The molecule has 1 aliphatic rings. The number of benzene rings is 1. The van der Waals surface area contributed by atoms with Gasteiger partial charge in [0.2, 0.25) is 0 Å². The molecule has 0 radical (unpaired) electrons. The molecule has 0 spiro atoms. The molecule has 1 aromatic rings. The van der Waals surface area contributed by atoms with Crippen LogP contribution >= 0.6 is 34.2 Å². The van der Waals surface area contributed by atoms with Gasteiger partial charge in [0.25, 0.3) is 0 Å². The molecule has 13 heavy (non-hydrogen) atoms. The molecule has 2 rings (SSSR count). The summed E-state index contributed by atoms with van der Waals surface area (Å²) in [5, 5.41) is 0.726. The summed E-state index contributed by atoms with van der Waals surface area (Å²) < 4.78 is 6.57. The van der Waals surface area contributed by atoms with Crippen molar-refractivity contribution in [2.24, 2.45) is 5.73 Å². The molecule has 0 bridgehead atoms. The Balaban J connectivity index is 2.56. The van der Waals surface area contributed by atoms with Gasteiger partial charge < -0.3 is 10.5 Å². The van der Waals surface area contributed by atoms with Crippen LogP contribution in [0.2, 0.25) is 5.02 Å². The van der Waals surface area contributed by atoms with Gasteiger partial charge in [-0.1, -0.05) is 11.6 Å². The Bertz CT molecular complexity index is 343. The largest absolute Gasteiger partial charge is 0.492 e. The van der Waals surface area contributed by atoms with Gasteiger partial charge >= 0.3 is 0 Å². The predicted molar refractivity (Wildman–Crippen MR) is 61.2 cm³/mol. The highest BCUT2D eigenvalue weighted by Crippen LogP contribution is 2.36. The van der Waals surface area contributed by atoms with Crippen molar-refractivity contribution in [1.82, 2.24) is 0 Å². The van der Waals surface area contributed by atoms with E-state index in [1.807, 2.05) is 12.1 Å². The van der Waals surface area contributed by atoms with Gasteiger partial charge in [0, 0.05) is 23.0 Å². The lowest BCUT2D eigenvalue weighted by atomic mass is 10.0. The zero-order valence-electron chi connectivity index (χ0n) is 6.89. The fraction of sp³-hybridized carbons (Fsp3) is 0.333. The van der Waals surface area contributed by atoms with Crippen LogP contribution in [0.25, 0.3) is 0 Å². The third-order valence-electron chi connectivity index (χ3n) is 2.11. The molecular weight excluding hydrogens is 300 g/mol. The van der Waals surface area contributed by atoms with Crippen molar-refractivity contribution >= 4 is 34.2 Å². The van der Waals surface area contributed by atoms with Gasteiger partial charge in [0.1, 0.15) is 5.75 Å². The van der Waals surface area contributed by atoms with E-state index in [1.165, 1.54) is 0 Å². The quantitative estimate of drug-likeness (QED) is 0.748. The molecule has 4 heteroatoms. The van der Waals surface area contributed by atoms with Crippen molar-refractivity contribution in [3.05, 3.63) is 26.3 Å². The molecule has 0 amide bonds. The number of hydrogen-bond acceptors (Lipinski definition) is 2.